The third kappa shape index (κ3) is 2.30. The summed E-state index contributed by atoms with van der Waals surface area (Å²) in [6.45, 7) is 1.99. The van der Waals surface area contributed by atoms with Crippen molar-refractivity contribution in [2.24, 2.45) is 0 Å². The minimum absolute atomic E-state index is 0.320. The van der Waals surface area contributed by atoms with Gasteiger partial charge in [-0.1, -0.05) is 23.7 Å². The van der Waals surface area contributed by atoms with Crippen molar-refractivity contribution in [2.45, 2.75) is 13.3 Å². The lowest BCUT2D eigenvalue weighted by Crippen LogP contribution is -2.01. The van der Waals surface area contributed by atoms with Gasteiger partial charge in [-0.15, -0.1) is 0 Å². The standard InChI is InChI=1S/C13H11ClN4O2/c1-7-3-4-8(9(14)5-7)6-10-13(19-2)16-12-11(15-10)17-20-18-12/h3-5H,6H2,1-2H3. The van der Waals surface area contributed by atoms with Crippen LogP contribution in [0.3, 0.4) is 0 Å². The summed E-state index contributed by atoms with van der Waals surface area (Å²) in [4.78, 5) is 8.55. The highest BCUT2D eigenvalue weighted by atomic mass is 35.5. The van der Waals surface area contributed by atoms with Gasteiger partial charge in [-0.25, -0.2) is 9.61 Å². The average molecular weight is 291 g/mol. The molecule has 0 aliphatic rings. The van der Waals surface area contributed by atoms with Crippen molar-refractivity contribution in [1.82, 2.24) is 20.3 Å². The first-order valence-corrected chi connectivity index (χ1v) is 6.33. The molecule has 0 amide bonds. The van der Waals surface area contributed by atoms with Crippen molar-refractivity contribution < 1.29 is 9.37 Å². The Kier molecular flexibility index (Phi) is 3.23. The molecule has 0 spiro atoms. The summed E-state index contributed by atoms with van der Waals surface area (Å²) in [5.41, 5.74) is 3.36. The zero-order valence-corrected chi connectivity index (χ0v) is 11.7. The lowest BCUT2D eigenvalue weighted by atomic mass is 10.1. The van der Waals surface area contributed by atoms with E-state index in [1.54, 1.807) is 0 Å². The van der Waals surface area contributed by atoms with Crippen LogP contribution in [-0.2, 0) is 6.42 Å². The Labute approximate surface area is 119 Å². The second-order valence-electron chi connectivity index (χ2n) is 4.36. The van der Waals surface area contributed by atoms with Crippen LogP contribution in [0.4, 0.5) is 0 Å². The van der Waals surface area contributed by atoms with Crippen LogP contribution in [0, 0.1) is 6.92 Å². The number of aryl methyl sites for hydroxylation is 1. The summed E-state index contributed by atoms with van der Waals surface area (Å²) in [6.07, 6.45) is 0.498. The van der Waals surface area contributed by atoms with E-state index in [1.807, 2.05) is 25.1 Å². The van der Waals surface area contributed by atoms with E-state index in [0.29, 0.717) is 34.3 Å². The van der Waals surface area contributed by atoms with Gasteiger partial charge in [0, 0.05) is 11.4 Å². The third-order valence-electron chi connectivity index (χ3n) is 2.91. The molecule has 102 valence electrons. The lowest BCUT2D eigenvalue weighted by molar-refractivity contribution is 0.313. The Hall–Kier alpha value is -2.21. The van der Waals surface area contributed by atoms with E-state index in [0.717, 1.165) is 11.1 Å². The van der Waals surface area contributed by atoms with Gasteiger partial charge in [0.2, 0.25) is 17.2 Å². The van der Waals surface area contributed by atoms with E-state index < -0.39 is 0 Å². The number of methoxy groups -OCH3 is 1. The number of hydrogen-bond donors (Lipinski definition) is 0. The normalized spacial score (nSPS) is 10.9. The molecule has 0 saturated heterocycles. The minimum Gasteiger partial charge on any atom is -0.480 e. The summed E-state index contributed by atoms with van der Waals surface area (Å²) in [5, 5.41) is 8.01. The van der Waals surface area contributed by atoms with Crippen LogP contribution < -0.4 is 4.74 Å². The van der Waals surface area contributed by atoms with Crippen LogP contribution in [0.2, 0.25) is 5.02 Å². The SMILES string of the molecule is COc1nc2nonc2nc1Cc1ccc(C)cc1Cl. The molecule has 6 nitrogen and oxygen atoms in total. The molecule has 1 aromatic carbocycles. The van der Waals surface area contributed by atoms with Crippen molar-refractivity contribution in [2.75, 3.05) is 7.11 Å². The third-order valence-corrected chi connectivity index (χ3v) is 3.26. The smallest absolute Gasteiger partial charge is 0.246 e. The minimum atomic E-state index is 0.320. The summed E-state index contributed by atoms with van der Waals surface area (Å²) >= 11 is 6.24. The first kappa shape index (κ1) is 12.8. The zero-order chi connectivity index (χ0) is 14.1. The molecule has 0 aliphatic heterocycles. The largest absolute Gasteiger partial charge is 0.480 e. The highest BCUT2D eigenvalue weighted by molar-refractivity contribution is 6.31. The Balaban J connectivity index is 2.04. The molecule has 2 heterocycles. The molecule has 0 aliphatic carbocycles. The van der Waals surface area contributed by atoms with Gasteiger partial charge in [-0.2, -0.15) is 4.98 Å². The number of hydrogen-bond acceptors (Lipinski definition) is 6. The first-order chi connectivity index (χ1) is 9.67. The van der Waals surface area contributed by atoms with E-state index in [1.165, 1.54) is 7.11 Å². The fourth-order valence-corrected chi connectivity index (χ4v) is 2.21. The van der Waals surface area contributed by atoms with Crippen molar-refractivity contribution in [3.8, 4) is 5.88 Å². The van der Waals surface area contributed by atoms with Gasteiger partial charge >= 0.3 is 0 Å². The van der Waals surface area contributed by atoms with Gasteiger partial charge in [0.05, 0.1) is 7.11 Å². The maximum Gasteiger partial charge on any atom is 0.246 e. The molecule has 0 atom stereocenters. The number of aromatic nitrogens is 4. The number of rotatable bonds is 3. The van der Waals surface area contributed by atoms with Gasteiger partial charge in [-0.3, -0.25) is 0 Å². The molecule has 3 rings (SSSR count). The van der Waals surface area contributed by atoms with Gasteiger partial charge < -0.3 is 4.74 Å². The van der Waals surface area contributed by atoms with Gasteiger partial charge in [0.25, 0.3) is 0 Å². The molecule has 3 aromatic rings. The molecule has 0 fully saturated rings. The lowest BCUT2D eigenvalue weighted by Gasteiger charge is -2.07. The highest BCUT2D eigenvalue weighted by Crippen LogP contribution is 2.24. The van der Waals surface area contributed by atoms with Crippen LogP contribution in [0.25, 0.3) is 11.3 Å². The predicted molar refractivity (Wildman–Crippen MR) is 72.9 cm³/mol. The molecule has 0 radical (unpaired) electrons. The highest BCUT2D eigenvalue weighted by Gasteiger charge is 2.14. The van der Waals surface area contributed by atoms with E-state index in [4.69, 9.17) is 16.3 Å². The number of ether oxygens (including phenoxy) is 1. The average Bonchev–Trinajstić information content (AvgIpc) is 2.88. The van der Waals surface area contributed by atoms with Gasteiger partial charge in [0.1, 0.15) is 5.69 Å². The zero-order valence-electron chi connectivity index (χ0n) is 10.9. The number of benzene rings is 1. The summed E-state index contributed by atoms with van der Waals surface area (Å²) in [6, 6.07) is 5.87. The molecular weight excluding hydrogens is 280 g/mol. The van der Waals surface area contributed by atoms with Gasteiger partial charge in [-0.05, 0) is 34.4 Å². The summed E-state index contributed by atoms with van der Waals surface area (Å²) in [7, 11) is 1.53. The molecule has 0 bridgehead atoms. The van der Waals surface area contributed by atoms with E-state index in [9.17, 15) is 0 Å². The van der Waals surface area contributed by atoms with Crippen molar-refractivity contribution in [3.63, 3.8) is 0 Å². The van der Waals surface area contributed by atoms with Crippen molar-refractivity contribution >= 4 is 22.9 Å². The van der Waals surface area contributed by atoms with Crippen LogP contribution in [0.15, 0.2) is 22.8 Å². The molecule has 2 aromatic heterocycles. The Morgan fingerprint density at radius 1 is 1.20 bits per heavy atom. The summed E-state index contributed by atoms with van der Waals surface area (Å²) < 4.78 is 9.83. The molecule has 0 saturated carbocycles. The fourth-order valence-electron chi connectivity index (χ4n) is 1.91. The fraction of sp³-hybridized carbons (Fsp3) is 0.231. The molecule has 20 heavy (non-hydrogen) atoms. The Morgan fingerprint density at radius 2 is 1.95 bits per heavy atom. The van der Waals surface area contributed by atoms with Crippen molar-refractivity contribution in [1.29, 1.82) is 0 Å². The predicted octanol–water partition coefficient (Wildman–Crippen LogP) is 2.57. The Morgan fingerprint density at radius 3 is 2.65 bits per heavy atom. The van der Waals surface area contributed by atoms with Crippen LogP contribution in [0.1, 0.15) is 16.8 Å². The molecular formula is C13H11ClN4O2. The van der Waals surface area contributed by atoms with Crippen LogP contribution >= 0.6 is 11.6 Å². The van der Waals surface area contributed by atoms with Gasteiger partial charge in [0.15, 0.2) is 0 Å². The maximum atomic E-state index is 6.24. The monoisotopic (exact) mass is 290 g/mol. The molecule has 0 unspecified atom stereocenters. The van der Waals surface area contributed by atoms with Crippen molar-refractivity contribution in [3.05, 3.63) is 40.0 Å². The van der Waals surface area contributed by atoms with E-state index in [-0.39, 0.29) is 0 Å². The number of nitrogens with zero attached hydrogens (tertiary/aromatic N) is 4. The Bertz CT molecular complexity index is 772. The molecule has 0 N–H and O–H groups in total. The first-order valence-electron chi connectivity index (χ1n) is 5.95. The summed E-state index contributed by atoms with van der Waals surface area (Å²) in [5.74, 6) is 0.393. The topological polar surface area (TPSA) is 73.9 Å². The van der Waals surface area contributed by atoms with E-state index in [2.05, 4.69) is 24.9 Å². The quantitative estimate of drug-likeness (QED) is 0.738. The second-order valence-corrected chi connectivity index (χ2v) is 4.77. The van der Waals surface area contributed by atoms with Crippen LogP contribution in [0.5, 0.6) is 5.88 Å². The second kappa shape index (κ2) is 5.05. The number of fused-ring (bicyclic) bond motifs is 1. The number of halogens is 1. The molecule has 7 heteroatoms. The van der Waals surface area contributed by atoms with Crippen LogP contribution in [-0.4, -0.2) is 27.4 Å². The maximum absolute atomic E-state index is 6.24. The van der Waals surface area contributed by atoms with E-state index >= 15 is 0 Å².